The van der Waals surface area contributed by atoms with Crippen LogP contribution in [0.3, 0.4) is 0 Å². The van der Waals surface area contributed by atoms with Crippen LogP contribution in [0.25, 0.3) is 5.69 Å². The van der Waals surface area contributed by atoms with Gasteiger partial charge in [-0.2, -0.15) is 0 Å². The van der Waals surface area contributed by atoms with Gasteiger partial charge in [0.25, 0.3) is 0 Å². The standard InChI is InChI=1S/C16H24N4/c1-4-10-17-14(3)11-13(2)16-12-18-19-20(16)15-8-6-5-7-9-15/h5-9,12-14,17H,4,10-11H2,1-3H3. The first kappa shape index (κ1) is 14.7. The van der Waals surface area contributed by atoms with Crippen molar-refractivity contribution >= 4 is 0 Å². The topological polar surface area (TPSA) is 42.7 Å². The minimum absolute atomic E-state index is 0.421. The van der Waals surface area contributed by atoms with Crippen molar-refractivity contribution in [2.75, 3.05) is 6.54 Å². The fourth-order valence-electron chi connectivity index (χ4n) is 2.47. The van der Waals surface area contributed by atoms with Crippen molar-refractivity contribution in [3.8, 4) is 5.69 Å². The molecule has 4 heteroatoms. The Bertz CT molecular complexity index is 506. The molecule has 2 unspecified atom stereocenters. The lowest BCUT2D eigenvalue weighted by Crippen LogP contribution is -2.28. The lowest BCUT2D eigenvalue weighted by Gasteiger charge is -2.19. The summed E-state index contributed by atoms with van der Waals surface area (Å²) in [4.78, 5) is 0. The van der Waals surface area contributed by atoms with E-state index in [4.69, 9.17) is 0 Å². The highest BCUT2D eigenvalue weighted by molar-refractivity contribution is 5.32. The monoisotopic (exact) mass is 272 g/mol. The molecule has 0 aliphatic heterocycles. The Balaban J connectivity index is 2.08. The summed E-state index contributed by atoms with van der Waals surface area (Å²) >= 11 is 0. The molecule has 0 spiro atoms. The second-order valence-electron chi connectivity index (χ2n) is 5.40. The van der Waals surface area contributed by atoms with E-state index in [1.807, 2.05) is 29.1 Å². The molecule has 20 heavy (non-hydrogen) atoms. The van der Waals surface area contributed by atoms with Crippen LogP contribution in [0.15, 0.2) is 36.5 Å². The first-order valence-corrected chi connectivity index (χ1v) is 7.41. The van der Waals surface area contributed by atoms with E-state index in [1.165, 1.54) is 12.1 Å². The van der Waals surface area contributed by atoms with E-state index in [2.05, 4.69) is 48.5 Å². The number of hydrogen-bond acceptors (Lipinski definition) is 3. The predicted octanol–water partition coefficient (Wildman–Crippen LogP) is 3.15. The van der Waals surface area contributed by atoms with E-state index in [0.29, 0.717) is 12.0 Å². The molecule has 108 valence electrons. The minimum Gasteiger partial charge on any atom is -0.314 e. The van der Waals surface area contributed by atoms with Crippen LogP contribution >= 0.6 is 0 Å². The van der Waals surface area contributed by atoms with Crippen molar-refractivity contribution in [2.45, 2.75) is 45.6 Å². The smallest absolute Gasteiger partial charge is 0.0732 e. The molecule has 0 saturated heterocycles. The van der Waals surface area contributed by atoms with E-state index >= 15 is 0 Å². The van der Waals surface area contributed by atoms with Crippen molar-refractivity contribution in [1.82, 2.24) is 20.3 Å². The summed E-state index contributed by atoms with van der Waals surface area (Å²) in [6.45, 7) is 7.74. The molecule has 0 amide bonds. The van der Waals surface area contributed by atoms with Crippen LogP contribution < -0.4 is 5.32 Å². The molecule has 1 N–H and O–H groups in total. The quantitative estimate of drug-likeness (QED) is 0.842. The molecular formula is C16H24N4. The third-order valence-electron chi connectivity index (χ3n) is 3.53. The number of nitrogens with zero attached hydrogens (tertiary/aromatic N) is 3. The first-order valence-electron chi connectivity index (χ1n) is 7.41. The van der Waals surface area contributed by atoms with Crippen LogP contribution in [0.2, 0.25) is 0 Å². The van der Waals surface area contributed by atoms with Crippen molar-refractivity contribution in [3.05, 3.63) is 42.2 Å². The molecule has 2 atom stereocenters. The molecule has 0 aliphatic carbocycles. The molecule has 0 aliphatic rings. The van der Waals surface area contributed by atoms with Gasteiger partial charge in [0.1, 0.15) is 0 Å². The lowest BCUT2D eigenvalue weighted by molar-refractivity contribution is 0.470. The fraction of sp³-hybridized carbons (Fsp3) is 0.500. The Hall–Kier alpha value is -1.68. The van der Waals surface area contributed by atoms with Crippen LogP contribution in [0, 0.1) is 0 Å². The summed E-state index contributed by atoms with van der Waals surface area (Å²) in [5, 5.41) is 11.8. The Kier molecular flexibility index (Phi) is 5.30. The SMILES string of the molecule is CCCNC(C)CC(C)c1cnnn1-c1ccccc1. The van der Waals surface area contributed by atoms with Gasteiger partial charge in [0, 0.05) is 12.0 Å². The minimum atomic E-state index is 0.421. The highest BCUT2D eigenvalue weighted by Crippen LogP contribution is 2.22. The molecule has 0 saturated carbocycles. The molecular weight excluding hydrogens is 248 g/mol. The zero-order valence-electron chi connectivity index (χ0n) is 12.6. The van der Waals surface area contributed by atoms with Crippen LogP contribution in [0.1, 0.15) is 45.2 Å². The zero-order valence-corrected chi connectivity index (χ0v) is 12.6. The summed E-state index contributed by atoms with van der Waals surface area (Å²) in [5.74, 6) is 0.421. The normalized spacial score (nSPS) is 14.2. The Morgan fingerprint density at radius 2 is 1.95 bits per heavy atom. The van der Waals surface area contributed by atoms with Crippen molar-refractivity contribution in [3.63, 3.8) is 0 Å². The van der Waals surface area contributed by atoms with Gasteiger partial charge in [0.05, 0.1) is 17.6 Å². The fourth-order valence-corrected chi connectivity index (χ4v) is 2.47. The van der Waals surface area contributed by atoms with Crippen LogP contribution in [-0.2, 0) is 0 Å². The van der Waals surface area contributed by atoms with Crippen LogP contribution in [0.4, 0.5) is 0 Å². The van der Waals surface area contributed by atoms with Crippen molar-refractivity contribution < 1.29 is 0 Å². The first-order chi connectivity index (χ1) is 9.72. The molecule has 4 nitrogen and oxygen atoms in total. The van der Waals surface area contributed by atoms with E-state index in [1.54, 1.807) is 0 Å². The van der Waals surface area contributed by atoms with E-state index in [-0.39, 0.29) is 0 Å². The highest BCUT2D eigenvalue weighted by atomic mass is 15.4. The molecule has 1 heterocycles. The van der Waals surface area contributed by atoms with Gasteiger partial charge in [-0.15, -0.1) is 5.10 Å². The number of hydrogen-bond donors (Lipinski definition) is 1. The maximum absolute atomic E-state index is 4.22. The molecule has 0 bridgehead atoms. The number of nitrogens with one attached hydrogen (secondary N) is 1. The van der Waals surface area contributed by atoms with E-state index in [9.17, 15) is 0 Å². The predicted molar refractivity (Wildman–Crippen MR) is 82.1 cm³/mol. The van der Waals surface area contributed by atoms with Gasteiger partial charge in [0.15, 0.2) is 0 Å². The zero-order chi connectivity index (χ0) is 14.4. The number of rotatable bonds is 7. The van der Waals surface area contributed by atoms with Crippen molar-refractivity contribution in [1.29, 1.82) is 0 Å². The average molecular weight is 272 g/mol. The van der Waals surface area contributed by atoms with E-state index in [0.717, 1.165) is 18.7 Å². The summed E-state index contributed by atoms with van der Waals surface area (Å²) in [7, 11) is 0. The Labute approximate surface area is 121 Å². The van der Waals surface area contributed by atoms with Crippen LogP contribution in [-0.4, -0.2) is 27.6 Å². The summed E-state index contributed by atoms with van der Waals surface area (Å²) in [5.41, 5.74) is 2.24. The molecule has 0 radical (unpaired) electrons. The van der Waals surface area contributed by atoms with E-state index < -0.39 is 0 Å². The second-order valence-corrected chi connectivity index (χ2v) is 5.40. The Morgan fingerprint density at radius 1 is 1.20 bits per heavy atom. The summed E-state index contributed by atoms with van der Waals surface area (Å²) in [6, 6.07) is 10.7. The summed E-state index contributed by atoms with van der Waals surface area (Å²) < 4.78 is 1.94. The third-order valence-corrected chi connectivity index (χ3v) is 3.53. The van der Waals surface area contributed by atoms with Crippen LogP contribution in [0.5, 0.6) is 0 Å². The van der Waals surface area contributed by atoms with Gasteiger partial charge >= 0.3 is 0 Å². The molecule has 1 aromatic heterocycles. The lowest BCUT2D eigenvalue weighted by atomic mass is 9.99. The van der Waals surface area contributed by atoms with Gasteiger partial charge in [0.2, 0.25) is 0 Å². The van der Waals surface area contributed by atoms with Crippen molar-refractivity contribution in [2.24, 2.45) is 0 Å². The molecule has 0 fully saturated rings. The van der Waals surface area contributed by atoms with Gasteiger partial charge in [-0.05, 0) is 38.4 Å². The maximum atomic E-state index is 4.22. The second kappa shape index (κ2) is 7.20. The van der Waals surface area contributed by atoms with Gasteiger partial charge < -0.3 is 5.32 Å². The number of benzene rings is 1. The highest BCUT2D eigenvalue weighted by Gasteiger charge is 2.16. The molecule has 1 aromatic carbocycles. The Morgan fingerprint density at radius 3 is 2.65 bits per heavy atom. The van der Waals surface area contributed by atoms with Gasteiger partial charge in [-0.3, -0.25) is 0 Å². The molecule has 2 rings (SSSR count). The molecule has 2 aromatic rings. The number of para-hydroxylation sites is 1. The van der Waals surface area contributed by atoms with Gasteiger partial charge in [-0.25, -0.2) is 4.68 Å². The largest absolute Gasteiger partial charge is 0.314 e. The maximum Gasteiger partial charge on any atom is 0.0732 e. The van der Waals surface area contributed by atoms with Gasteiger partial charge in [-0.1, -0.05) is 37.3 Å². The third kappa shape index (κ3) is 3.67. The average Bonchev–Trinajstić information content (AvgIpc) is 2.95. The number of aromatic nitrogens is 3. The summed E-state index contributed by atoms with van der Waals surface area (Å²) in [6.07, 6.45) is 4.13.